The molecule has 0 bridgehead atoms. The number of fused-ring (bicyclic) bond motifs is 1. The second-order valence-corrected chi connectivity index (χ2v) is 5.87. The molecular weight excluding hydrogens is 345 g/mol. The fraction of sp³-hybridized carbons (Fsp3) is 0.111. The number of H-pyrrole nitrogens is 1. The lowest BCUT2D eigenvalue weighted by atomic mass is 10.2. The number of benzene rings is 2. The summed E-state index contributed by atoms with van der Waals surface area (Å²) in [6, 6.07) is 12.4. The molecule has 3 N–H and O–H groups in total. The highest BCUT2D eigenvalue weighted by atomic mass is 35.5. The smallest absolute Gasteiger partial charge is 0.267 e. The fourth-order valence-electron chi connectivity index (χ4n) is 2.38. The van der Waals surface area contributed by atoms with Crippen molar-refractivity contribution in [3.63, 3.8) is 0 Å². The number of aromatic amines is 1. The topological polar surface area (TPSA) is 74.0 Å². The minimum absolute atomic E-state index is 0.244. The summed E-state index contributed by atoms with van der Waals surface area (Å²) in [7, 11) is 0. The quantitative estimate of drug-likeness (QED) is 0.612. The molecule has 25 heavy (non-hydrogen) atoms. The molecule has 1 heterocycles. The van der Waals surface area contributed by atoms with Crippen LogP contribution in [0.4, 0.5) is 4.39 Å². The summed E-state index contributed by atoms with van der Waals surface area (Å²) < 4.78 is 13.2. The van der Waals surface area contributed by atoms with Gasteiger partial charge in [0.1, 0.15) is 11.5 Å². The van der Waals surface area contributed by atoms with Gasteiger partial charge in [0.15, 0.2) is 0 Å². The molecule has 0 aliphatic heterocycles. The van der Waals surface area contributed by atoms with Crippen molar-refractivity contribution < 1.29 is 14.0 Å². The minimum Gasteiger partial charge on any atom is -0.351 e. The van der Waals surface area contributed by atoms with Crippen LogP contribution in [0.15, 0.2) is 48.5 Å². The zero-order chi connectivity index (χ0) is 17.8. The van der Waals surface area contributed by atoms with Gasteiger partial charge in [0, 0.05) is 34.6 Å². The molecule has 7 heteroatoms. The van der Waals surface area contributed by atoms with Gasteiger partial charge in [-0.05, 0) is 48.5 Å². The monoisotopic (exact) mass is 359 g/mol. The average molecular weight is 360 g/mol. The molecule has 3 aromatic rings. The van der Waals surface area contributed by atoms with E-state index in [1.807, 2.05) is 0 Å². The van der Waals surface area contributed by atoms with Crippen molar-refractivity contribution >= 4 is 34.3 Å². The Morgan fingerprint density at radius 1 is 0.960 bits per heavy atom. The van der Waals surface area contributed by atoms with Gasteiger partial charge >= 0.3 is 0 Å². The third-order valence-corrected chi connectivity index (χ3v) is 3.88. The van der Waals surface area contributed by atoms with Crippen molar-refractivity contribution in [3.05, 3.63) is 70.6 Å². The zero-order valence-electron chi connectivity index (χ0n) is 13.1. The molecule has 0 radical (unpaired) electrons. The standard InChI is InChI=1S/C18H15ClFN3O2/c19-13-3-1-11(2-4-13)17(24)21-7-8-22-18(25)16-10-12-9-14(20)5-6-15(12)23-16/h1-6,9-10,23H,7-8H2,(H,21,24)(H,22,25). The summed E-state index contributed by atoms with van der Waals surface area (Å²) in [4.78, 5) is 26.9. The molecule has 5 nitrogen and oxygen atoms in total. The first-order valence-corrected chi connectivity index (χ1v) is 8.01. The van der Waals surface area contributed by atoms with E-state index in [0.29, 0.717) is 27.2 Å². The molecule has 2 aromatic carbocycles. The predicted molar refractivity (Wildman–Crippen MR) is 94.4 cm³/mol. The molecule has 1 aromatic heterocycles. The summed E-state index contributed by atoms with van der Waals surface area (Å²) in [5.41, 5.74) is 1.51. The van der Waals surface area contributed by atoms with E-state index in [1.54, 1.807) is 36.4 Å². The molecule has 3 rings (SSSR count). The van der Waals surface area contributed by atoms with Crippen LogP contribution in [0.5, 0.6) is 0 Å². The molecular formula is C18H15ClFN3O2. The van der Waals surface area contributed by atoms with Gasteiger partial charge in [-0.15, -0.1) is 0 Å². The highest BCUT2D eigenvalue weighted by Gasteiger charge is 2.10. The van der Waals surface area contributed by atoms with Gasteiger partial charge in [-0.25, -0.2) is 4.39 Å². The Morgan fingerprint density at radius 3 is 2.36 bits per heavy atom. The van der Waals surface area contributed by atoms with Gasteiger partial charge < -0.3 is 15.6 Å². The molecule has 2 amide bonds. The lowest BCUT2D eigenvalue weighted by Gasteiger charge is -2.06. The van der Waals surface area contributed by atoms with E-state index in [2.05, 4.69) is 15.6 Å². The number of halogens is 2. The molecule has 0 aliphatic carbocycles. The molecule has 0 aliphatic rings. The summed E-state index contributed by atoms with van der Waals surface area (Å²) in [5, 5.41) is 6.58. The number of aromatic nitrogens is 1. The molecule has 0 saturated carbocycles. The van der Waals surface area contributed by atoms with E-state index in [4.69, 9.17) is 11.6 Å². The number of hydrogen-bond donors (Lipinski definition) is 3. The SMILES string of the molecule is O=C(NCCNC(=O)c1cc2cc(F)ccc2[nH]1)c1ccc(Cl)cc1. The van der Waals surface area contributed by atoms with E-state index < -0.39 is 0 Å². The summed E-state index contributed by atoms with van der Waals surface area (Å²) in [6.45, 7) is 0.546. The average Bonchev–Trinajstić information content (AvgIpc) is 3.02. The number of nitrogens with one attached hydrogen (secondary N) is 3. The van der Waals surface area contributed by atoms with Crippen LogP contribution >= 0.6 is 11.6 Å². The Labute approximate surface area is 148 Å². The van der Waals surface area contributed by atoms with Crippen LogP contribution in [-0.2, 0) is 0 Å². The van der Waals surface area contributed by atoms with E-state index in [-0.39, 0.29) is 30.7 Å². The Kier molecular flexibility index (Phi) is 5.00. The van der Waals surface area contributed by atoms with Crippen LogP contribution in [0.3, 0.4) is 0 Å². The minimum atomic E-state index is -0.358. The number of rotatable bonds is 5. The number of amides is 2. The molecule has 0 fully saturated rings. The highest BCUT2D eigenvalue weighted by molar-refractivity contribution is 6.30. The van der Waals surface area contributed by atoms with Crippen molar-refractivity contribution in [2.24, 2.45) is 0 Å². The molecule has 0 spiro atoms. The third kappa shape index (κ3) is 4.16. The maximum absolute atomic E-state index is 13.2. The van der Waals surface area contributed by atoms with Gasteiger partial charge in [0.2, 0.25) is 0 Å². The van der Waals surface area contributed by atoms with Crippen LogP contribution in [0.2, 0.25) is 5.02 Å². The van der Waals surface area contributed by atoms with E-state index >= 15 is 0 Å². The molecule has 0 saturated heterocycles. The van der Waals surface area contributed by atoms with Crippen LogP contribution in [0.25, 0.3) is 10.9 Å². The molecule has 0 unspecified atom stereocenters. The Balaban J connectivity index is 1.50. The number of carbonyl (C=O) groups excluding carboxylic acids is 2. The molecule has 0 atom stereocenters. The van der Waals surface area contributed by atoms with Gasteiger partial charge in [-0.2, -0.15) is 0 Å². The van der Waals surface area contributed by atoms with Gasteiger partial charge in [-0.1, -0.05) is 11.6 Å². The van der Waals surface area contributed by atoms with E-state index in [1.165, 1.54) is 12.1 Å². The normalized spacial score (nSPS) is 10.6. The Bertz CT molecular complexity index is 922. The fourth-order valence-corrected chi connectivity index (χ4v) is 2.50. The summed E-state index contributed by atoms with van der Waals surface area (Å²) in [6.07, 6.45) is 0. The van der Waals surface area contributed by atoms with Crippen molar-refractivity contribution in [1.29, 1.82) is 0 Å². The largest absolute Gasteiger partial charge is 0.351 e. The highest BCUT2D eigenvalue weighted by Crippen LogP contribution is 2.16. The first-order chi connectivity index (χ1) is 12.0. The van der Waals surface area contributed by atoms with Gasteiger partial charge in [0.05, 0.1) is 0 Å². The van der Waals surface area contributed by atoms with Crippen molar-refractivity contribution in [1.82, 2.24) is 15.6 Å². The van der Waals surface area contributed by atoms with Crippen LogP contribution in [0.1, 0.15) is 20.8 Å². The molecule has 128 valence electrons. The third-order valence-electron chi connectivity index (χ3n) is 3.63. The maximum atomic E-state index is 13.2. The number of carbonyl (C=O) groups is 2. The lowest BCUT2D eigenvalue weighted by Crippen LogP contribution is -2.34. The first-order valence-electron chi connectivity index (χ1n) is 7.63. The summed E-state index contributed by atoms with van der Waals surface area (Å²) in [5.74, 6) is -0.923. The Morgan fingerprint density at radius 2 is 1.64 bits per heavy atom. The number of hydrogen-bond acceptors (Lipinski definition) is 2. The summed E-state index contributed by atoms with van der Waals surface area (Å²) >= 11 is 5.77. The van der Waals surface area contributed by atoms with Crippen LogP contribution < -0.4 is 10.6 Å². The predicted octanol–water partition coefficient (Wildman–Crippen LogP) is 3.12. The zero-order valence-corrected chi connectivity index (χ0v) is 13.9. The van der Waals surface area contributed by atoms with Gasteiger partial charge in [-0.3, -0.25) is 9.59 Å². The van der Waals surface area contributed by atoms with E-state index in [9.17, 15) is 14.0 Å². The van der Waals surface area contributed by atoms with Crippen molar-refractivity contribution in [3.8, 4) is 0 Å². The van der Waals surface area contributed by atoms with Crippen molar-refractivity contribution in [2.75, 3.05) is 13.1 Å². The Hall–Kier alpha value is -2.86. The second-order valence-electron chi connectivity index (χ2n) is 5.43. The first kappa shape index (κ1) is 17.0. The van der Waals surface area contributed by atoms with E-state index in [0.717, 1.165) is 0 Å². The maximum Gasteiger partial charge on any atom is 0.267 e. The van der Waals surface area contributed by atoms with Gasteiger partial charge in [0.25, 0.3) is 11.8 Å². The lowest BCUT2D eigenvalue weighted by molar-refractivity contribution is 0.0925. The van der Waals surface area contributed by atoms with Crippen LogP contribution in [-0.4, -0.2) is 29.9 Å². The van der Waals surface area contributed by atoms with Crippen LogP contribution in [0, 0.1) is 5.82 Å². The van der Waals surface area contributed by atoms with Crippen molar-refractivity contribution in [2.45, 2.75) is 0 Å². The second kappa shape index (κ2) is 7.36.